The maximum absolute atomic E-state index is 5.79. The topological polar surface area (TPSA) is 46.0 Å². The van der Waals surface area contributed by atoms with Gasteiger partial charge in [0.05, 0.1) is 11.7 Å². The highest BCUT2D eigenvalue weighted by Gasteiger charge is 2.42. The number of rotatable bonds is 4. The van der Waals surface area contributed by atoms with Gasteiger partial charge in [0.2, 0.25) is 0 Å². The molecule has 5 rings (SSSR count). The zero-order valence-electron chi connectivity index (χ0n) is 16.5. The highest BCUT2D eigenvalue weighted by atomic mass is 32.1. The predicted octanol–water partition coefficient (Wildman–Crippen LogP) is 4.75. The monoisotopic (exact) mass is 411 g/mol. The van der Waals surface area contributed by atoms with Gasteiger partial charge in [-0.1, -0.05) is 30.3 Å². The number of aryl methyl sites for hydroxylation is 1. The van der Waals surface area contributed by atoms with Crippen LogP contribution >= 0.6 is 12.2 Å². The fourth-order valence-corrected chi connectivity index (χ4v) is 4.31. The van der Waals surface area contributed by atoms with Crippen molar-refractivity contribution in [2.24, 2.45) is 0 Å². The summed E-state index contributed by atoms with van der Waals surface area (Å²) in [5, 5.41) is 4.19. The summed E-state index contributed by atoms with van der Waals surface area (Å²) in [6.45, 7) is 2.04. The highest BCUT2D eigenvalue weighted by Crippen LogP contribution is 2.41. The number of anilines is 1. The van der Waals surface area contributed by atoms with E-state index in [2.05, 4.69) is 55.1 Å². The van der Waals surface area contributed by atoms with Gasteiger partial charge in [-0.2, -0.15) is 0 Å². The van der Waals surface area contributed by atoms with E-state index >= 15 is 0 Å². The van der Waals surface area contributed by atoms with Crippen molar-refractivity contribution >= 4 is 23.0 Å². The second-order valence-corrected chi connectivity index (χ2v) is 7.72. The van der Waals surface area contributed by atoms with Crippen molar-refractivity contribution in [1.82, 2.24) is 19.9 Å². The summed E-state index contributed by atoms with van der Waals surface area (Å²) < 4.78 is 2.13. The molecule has 0 saturated carbocycles. The van der Waals surface area contributed by atoms with Crippen LogP contribution in [0.3, 0.4) is 0 Å². The molecule has 1 fully saturated rings. The lowest BCUT2D eigenvalue weighted by molar-refractivity contribution is 0.548. The molecule has 30 heavy (non-hydrogen) atoms. The molecule has 4 aromatic rings. The van der Waals surface area contributed by atoms with Crippen LogP contribution in [-0.2, 0) is 0 Å². The number of para-hydroxylation sites is 1. The first-order valence-electron chi connectivity index (χ1n) is 9.88. The Balaban J connectivity index is 1.66. The normalized spacial score (nSPS) is 18.4. The second-order valence-electron chi connectivity index (χ2n) is 7.33. The number of benzene rings is 1. The molecule has 1 aliphatic rings. The molecule has 5 nitrogen and oxygen atoms in total. The van der Waals surface area contributed by atoms with E-state index < -0.39 is 0 Å². The average Bonchev–Trinajstić information content (AvgIpc) is 3.40. The molecule has 1 N–H and O–H groups in total. The lowest BCUT2D eigenvalue weighted by Gasteiger charge is -2.28. The molecule has 0 spiro atoms. The third-order valence-corrected chi connectivity index (χ3v) is 5.67. The molecule has 0 unspecified atom stereocenters. The molecule has 3 aromatic heterocycles. The molecule has 1 saturated heterocycles. The van der Waals surface area contributed by atoms with Gasteiger partial charge in [-0.15, -0.1) is 0 Å². The minimum absolute atomic E-state index is 0.0760. The lowest BCUT2D eigenvalue weighted by Crippen LogP contribution is -2.30. The third-order valence-electron chi connectivity index (χ3n) is 5.36. The van der Waals surface area contributed by atoms with E-state index in [9.17, 15) is 0 Å². The molecule has 6 heteroatoms. The Morgan fingerprint density at radius 3 is 2.47 bits per heavy atom. The van der Waals surface area contributed by atoms with Crippen LogP contribution in [-0.4, -0.2) is 19.6 Å². The van der Waals surface area contributed by atoms with Crippen molar-refractivity contribution < 1.29 is 0 Å². The second kappa shape index (κ2) is 7.72. The van der Waals surface area contributed by atoms with Crippen molar-refractivity contribution in [1.29, 1.82) is 0 Å². The van der Waals surface area contributed by atoms with E-state index in [-0.39, 0.29) is 12.1 Å². The van der Waals surface area contributed by atoms with Gasteiger partial charge in [-0.3, -0.25) is 4.98 Å². The molecule has 4 heterocycles. The van der Waals surface area contributed by atoms with E-state index in [1.165, 1.54) is 0 Å². The van der Waals surface area contributed by atoms with Crippen molar-refractivity contribution in [2.45, 2.75) is 19.0 Å². The van der Waals surface area contributed by atoms with Gasteiger partial charge in [0, 0.05) is 30.0 Å². The smallest absolute Gasteiger partial charge is 0.174 e. The predicted molar refractivity (Wildman–Crippen MR) is 123 cm³/mol. The Bertz CT molecular complexity index is 1160. The molecule has 0 bridgehead atoms. The standard InChI is InChI=1S/C24H21N5S/c1-17-12-13-21(26-16-17)28-15-7-11-20(28)23-22(19-10-5-6-14-25-19)27-24(30)29(23)18-8-3-2-4-9-18/h2-16,22-23H,1H3,(H,27,30)/t22-,23+/m1/s1. The average molecular weight is 412 g/mol. The van der Waals surface area contributed by atoms with E-state index in [0.29, 0.717) is 5.11 Å². The molecule has 1 aromatic carbocycles. The zero-order valence-corrected chi connectivity index (χ0v) is 17.3. The Labute approximate surface area is 181 Å². The van der Waals surface area contributed by atoms with Crippen LogP contribution in [0.2, 0.25) is 0 Å². The van der Waals surface area contributed by atoms with Crippen LogP contribution in [0.25, 0.3) is 5.82 Å². The fraction of sp³-hybridized carbons (Fsp3) is 0.125. The number of hydrogen-bond donors (Lipinski definition) is 1. The van der Waals surface area contributed by atoms with Crippen molar-refractivity contribution in [2.75, 3.05) is 4.90 Å². The van der Waals surface area contributed by atoms with Crippen LogP contribution in [0.1, 0.15) is 29.0 Å². The first-order valence-corrected chi connectivity index (χ1v) is 10.3. The first-order chi connectivity index (χ1) is 14.7. The number of nitrogens with zero attached hydrogens (tertiary/aromatic N) is 4. The van der Waals surface area contributed by atoms with Crippen LogP contribution in [0.4, 0.5) is 5.69 Å². The van der Waals surface area contributed by atoms with Crippen LogP contribution < -0.4 is 10.2 Å². The molecule has 0 radical (unpaired) electrons. The van der Waals surface area contributed by atoms with Crippen molar-refractivity contribution in [3.8, 4) is 5.82 Å². The fourth-order valence-electron chi connectivity index (χ4n) is 3.97. The Morgan fingerprint density at radius 2 is 1.73 bits per heavy atom. The first kappa shape index (κ1) is 18.5. The summed E-state index contributed by atoms with van der Waals surface area (Å²) >= 11 is 5.79. The van der Waals surface area contributed by atoms with Crippen LogP contribution in [0, 0.1) is 6.92 Å². The molecule has 1 aliphatic heterocycles. The Morgan fingerprint density at radius 1 is 0.900 bits per heavy atom. The zero-order chi connectivity index (χ0) is 20.5. The number of hydrogen-bond acceptors (Lipinski definition) is 3. The number of pyridine rings is 2. The summed E-state index contributed by atoms with van der Waals surface area (Å²) in [5.74, 6) is 0.881. The van der Waals surface area contributed by atoms with Gasteiger partial charge >= 0.3 is 0 Å². The lowest BCUT2D eigenvalue weighted by atomic mass is 10.0. The van der Waals surface area contributed by atoms with Crippen molar-refractivity contribution in [3.05, 3.63) is 108 Å². The number of aromatic nitrogens is 3. The molecule has 0 amide bonds. The van der Waals surface area contributed by atoms with Crippen LogP contribution in [0.5, 0.6) is 0 Å². The third kappa shape index (κ3) is 3.25. The van der Waals surface area contributed by atoms with E-state index in [4.69, 9.17) is 12.2 Å². The van der Waals surface area contributed by atoms with E-state index in [0.717, 1.165) is 28.5 Å². The summed E-state index contributed by atoms with van der Waals surface area (Å²) in [6, 6.07) is 24.4. The summed E-state index contributed by atoms with van der Waals surface area (Å²) in [7, 11) is 0. The molecule has 0 aliphatic carbocycles. The number of nitrogens with one attached hydrogen (secondary N) is 1. The minimum atomic E-state index is -0.0852. The molecule has 2 atom stereocenters. The van der Waals surface area contributed by atoms with Gasteiger partial charge in [-0.05, 0) is 67.2 Å². The Hall–Kier alpha value is -3.51. The van der Waals surface area contributed by atoms with E-state index in [1.54, 1.807) is 0 Å². The molecule has 148 valence electrons. The van der Waals surface area contributed by atoms with E-state index in [1.807, 2.05) is 68.0 Å². The van der Waals surface area contributed by atoms with Crippen LogP contribution in [0.15, 0.2) is 91.4 Å². The summed E-state index contributed by atoms with van der Waals surface area (Å²) in [5.41, 5.74) is 4.22. The van der Waals surface area contributed by atoms with Gasteiger partial charge in [0.25, 0.3) is 0 Å². The SMILES string of the molecule is Cc1ccc(-n2cccc2[C@H]2[C@@H](c3ccccn3)NC(=S)N2c2ccccc2)nc1. The number of thiocarbonyl (C=S) groups is 1. The van der Waals surface area contributed by atoms with Gasteiger partial charge in [0.15, 0.2) is 5.11 Å². The summed E-state index contributed by atoms with van der Waals surface area (Å²) in [6.07, 6.45) is 5.76. The maximum Gasteiger partial charge on any atom is 0.174 e. The molecular weight excluding hydrogens is 390 g/mol. The van der Waals surface area contributed by atoms with Gasteiger partial charge < -0.3 is 14.8 Å². The minimum Gasteiger partial charge on any atom is -0.351 e. The molecular formula is C24H21N5S. The van der Waals surface area contributed by atoms with Crippen molar-refractivity contribution in [3.63, 3.8) is 0 Å². The Kier molecular flexibility index (Phi) is 4.77. The highest BCUT2D eigenvalue weighted by molar-refractivity contribution is 7.80. The largest absolute Gasteiger partial charge is 0.351 e. The van der Waals surface area contributed by atoms with Gasteiger partial charge in [0.1, 0.15) is 11.9 Å². The maximum atomic E-state index is 5.79. The quantitative estimate of drug-likeness (QED) is 0.491. The van der Waals surface area contributed by atoms with Gasteiger partial charge in [-0.25, -0.2) is 4.98 Å². The summed E-state index contributed by atoms with van der Waals surface area (Å²) in [4.78, 5) is 11.4.